The molecular formula is C35H40O4P+. The lowest BCUT2D eigenvalue weighted by Gasteiger charge is -2.27. The Morgan fingerprint density at radius 2 is 1.02 bits per heavy atom. The fraction of sp³-hybridized carbons (Fsp3) is 0.286. The van der Waals surface area contributed by atoms with E-state index in [4.69, 9.17) is 4.74 Å². The number of hydrogen-bond donors (Lipinski definition) is 2. The van der Waals surface area contributed by atoms with Gasteiger partial charge in [-0.05, 0) is 67.8 Å². The number of benzene rings is 4. The van der Waals surface area contributed by atoms with Crippen molar-refractivity contribution in [2.24, 2.45) is 0 Å². The van der Waals surface area contributed by atoms with E-state index < -0.39 is 13.2 Å². The van der Waals surface area contributed by atoms with Gasteiger partial charge >= 0.3 is 5.97 Å². The number of ether oxygens (including phenoxy) is 1. The maximum atomic E-state index is 12.1. The zero-order valence-electron chi connectivity index (χ0n) is 23.1. The lowest BCUT2D eigenvalue weighted by molar-refractivity contribution is 0.0494. The lowest BCUT2D eigenvalue weighted by Crippen LogP contribution is -2.33. The van der Waals surface area contributed by atoms with E-state index in [0.29, 0.717) is 6.61 Å². The molecular weight excluding hydrogens is 515 g/mol. The number of carbonyl (C=O) groups is 1. The van der Waals surface area contributed by atoms with Gasteiger partial charge in [0.2, 0.25) is 0 Å². The van der Waals surface area contributed by atoms with Crippen LogP contribution in [0.25, 0.3) is 0 Å². The molecule has 0 radical (unpaired) electrons. The molecule has 4 nitrogen and oxygen atoms in total. The molecule has 0 fully saturated rings. The third-order valence-electron chi connectivity index (χ3n) is 7.41. The van der Waals surface area contributed by atoms with Crippen LogP contribution >= 0.6 is 7.26 Å². The van der Waals surface area contributed by atoms with E-state index in [1.54, 1.807) is 0 Å². The molecule has 208 valence electrons. The van der Waals surface area contributed by atoms with Crippen molar-refractivity contribution in [3.8, 4) is 11.5 Å². The second-order valence-electron chi connectivity index (χ2n) is 10.2. The summed E-state index contributed by atoms with van der Waals surface area (Å²) < 4.78 is 5.27. The van der Waals surface area contributed by atoms with Crippen LogP contribution in [0.5, 0.6) is 11.5 Å². The second kappa shape index (κ2) is 15.2. The molecule has 0 heterocycles. The van der Waals surface area contributed by atoms with Crippen LogP contribution in [0, 0.1) is 0 Å². The van der Waals surface area contributed by atoms with E-state index in [-0.39, 0.29) is 17.1 Å². The van der Waals surface area contributed by atoms with Gasteiger partial charge in [0.25, 0.3) is 0 Å². The van der Waals surface area contributed by atoms with Crippen molar-refractivity contribution in [1.29, 1.82) is 0 Å². The fourth-order valence-corrected chi connectivity index (χ4v) is 9.74. The van der Waals surface area contributed by atoms with Gasteiger partial charge in [-0.25, -0.2) is 4.79 Å². The number of phenols is 2. The van der Waals surface area contributed by atoms with Crippen LogP contribution in [-0.4, -0.2) is 29.0 Å². The molecule has 0 aliphatic carbocycles. The smallest absolute Gasteiger partial charge is 0.341 e. The molecule has 0 saturated heterocycles. The quantitative estimate of drug-likeness (QED) is 0.0913. The van der Waals surface area contributed by atoms with Crippen LogP contribution in [0.2, 0.25) is 0 Å². The Hall–Kier alpha value is -3.62. The zero-order valence-corrected chi connectivity index (χ0v) is 24.0. The average molecular weight is 556 g/mol. The summed E-state index contributed by atoms with van der Waals surface area (Å²) in [5.74, 6) is -0.905. The standard InChI is InChI=1S/C35H39O4P/c36-29-24-25-33(34(37)28-29)35(38)39-26-16-5-3-1-2-4-6-17-27-40(30-18-10-7-11-19-30,31-20-12-8-13-21-31)32-22-14-9-15-23-32/h7-15,18-25,28H,1-6,16-17,26-27H2,(H-,36,37,38)/p+1. The molecule has 0 atom stereocenters. The van der Waals surface area contributed by atoms with Gasteiger partial charge in [-0.2, -0.15) is 0 Å². The first kappa shape index (κ1) is 29.4. The molecule has 0 unspecified atom stereocenters. The first-order chi connectivity index (χ1) is 19.6. The van der Waals surface area contributed by atoms with Gasteiger partial charge in [0, 0.05) is 6.07 Å². The number of phenolic OH excluding ortho intramolecular Hbond substituents is 2. The highest BCUT2D eigenvalue weighted by atomic mass is 31.2. The predicted molar refractivity (Wildman–Crippen MR) is 167 cm³/mol. The molecule has 0 amide bonds. The van der Waals surface area contributed by atoms with Crippen LogP contribution in [0.15, 0.2) is 109 Å². The number of unbranched alkanes of at least 4 members (excludes halogenated alkanes) is 7. The molecule has 4 aromatic carbocycles. The zero-order chi connectivity index (χ0) is 28.0. The summed E-state index contributed by atoms with van der Waals surface area (Å²) in [6, 6.07) is 37.2. The van der Waals surface area contributed by atoms with Gasteiger partial charge in [0.05, 0.1) is 12.8 Å². The Balaban J connectivity index is 1.22. The molecule has 40 heavy (non-hydrogen) atoms. The summed E-state index contributed by atoms with van der Waals surface area (Å²) >= 11 is 0. The summed E-state index contributed by atoms with van der Waals surface area (Å²) in [4.78, 5) is 12.1. The van der Waals surface area contributed by atoms with Gasteiger partial charge in [0.1, 0.15) is 40.2 Å². The second-order valence-corrected chi connectivity index (χ2v) is 13.8. The minimum absolute atomic E-state index is 0.0797. The number of carbonyl (C=O) groups excluding carboxylic acids is 1. The molecule has 0 aliphatic rings. The molecule has 0 aliphatic heterocycles. The maximum Gasteiger partial charge on any atom is 0.341 e. The van der Waals surface area contributed by atoms with Gasteiger partial charge in [-0.3, -0.25) is 0 Å². The Morgan fingerprint density at radius 3 is 1.50 bits per heavy atom. The largest absolute Gasteiger partial charge is 0.508 e. The minimum atomic E-state index is -1.73. The van der Waals surface area contributed by atoms with Crippen molar-refractivity contribution in [3.63, 3.8) is 0 Å². The van der Waals surface area contributed by atoms with E-state index in [1.807, 2.05) is 0 Å². The number of rotatable bonds is 15. The minimum Gasteiger partial charge on any atom is -0.508 e. The molecule has 4 aromatic rings. The van der Waals surface area contributed by atoms with E-state index in [1.165, 1.54) is 66.3 Å². The molecule has 0 aromatic heterocycles. The fourth-order valence-electron chi connectivity index (χ4n) is 5.33. The Labute approximate surface area is 239 Å². The highest BCUT2D eigenvalue weighted by molar-refractivity contribution is 7.95. The van der Waals surface area contributed by atoms with E-state index in [9.17, 15) is 15.0 Å². The third kappa shape index (κ3) is 7.73. The first-order valence-corrected chi connectivity index (χ1v) is 16.3. The van der Waals surface area contributed by atoms with Crippen LogP contribution in [0.4, 0.5) is 0 Å². The predicted octanol–water partition coefficient (Wildman–Crippen LogP) is 7.37. The Bertz CT molecular complexity index is 1210. The molecule has 0 spiro atoms. The van der Waals surface area contributed by atoms with Crippen LogP contribution in [0.3, 0.4) is 0 Å². The average Bonchev–Trinajstić information content (AvgIpc) is 2.99. The van der Waals surface area contributed by atoms with E-state index >= 15 is 0 Å². The maximum absolute atomic E-state index is 12.1. The van der Waals surface area contributed by atoms with Gasteiger partial charge < -0.3 is 14.9 Å². The normalized spacial score (nSPS) is 11.3. The highest BCUT2D eigenvalue weighted by Gasteiger charge is 2.44. The molecule has 0 saturated carbocycles. The van der Waals surface area contributed by atoms with Crippen molar-refractivity contribution in [3.05, 3.63) is 115 Å². The van der Waals surface area contributed by atoms with Crippen LogP contribution in [0.1, 0.15) is 61.7 Å². The van der Waals surface area contributed by atoms with Crippen molar-refractivity contribution in [2.45, 2.75) is 51.4 Å². The van der Waals surface area contributed by atoms with Crippen molar-refractivity contribution < 1.29 is 19.7 Å². The van der Waals surface area contributed by atoms with E-state index in [0.717, 1.165) is 25.3 Å². The molecule has 0 bridgehead atoms. The monoisotopic (exact) mass is 555 g/mol. The third-order valence-corrected chi connectivity index (χ3v) is 11.9. The summed E-state index contributed by atoms with van der Waals surface area (Å²) in [7, 11) is -1.73. The summed E-state index contributed by atoms with van der Waals surface area (Å²) in [5.41, 5.74) is 0.0797. The van der Waals surface area contributed by atoms with Crippen LogP contribution in [-0.2, 0) is 4.74 Å². The summed E-state index contributed by atoms with van der Waals surface area (Å²) in [6.45, 7) is 0.337. The summed E-state index contributed by atoms with van der Waals surface area (Å²) in [6.07, 6.45) is 10.2. The number of hydrogen-bond acceptors (Lipinski definition) is 4. The Morgan fingerprint density at radius 1 is 0.575 bits per heavy atom. The lowest BCUT2D eigenvalue weighted by atomic mass is 10.1. The number of aromatic hydroxyl groups is 2. The first-order valence-electron chi connectivity index (χ1n) is 14.4. The molecule has 4 rings (SSSR count). The van der Waals surface area contributed by atoms with E-state index in [2.05, 4.69) is 91.0 Å². The van der Waals surface area contributed by atoms with Gasteiger partial charge in [-0.15, -0.1) is 0 Å². The van der Waals surface area contributed by atoms with Crippen molar-refractivity contribution in [2.75, 3.05) is 12.8 Å². The molecule has 5 heteroatoms. The van der Waals surface area contributed by atoms with Gasteiger partial charge in [0.15, 0.2) is 0 Å². The van der Waals surface area contributed by atoms with Crippen molar-refractivity contribution in [1.82, 2.24) is 0 Å². The topological polar surface area (TPSA) is 66.8 Å². The highest BCUT2D eigenvalue weighted by Crippen LogP contribution is 2.56. The SMILES string of the molecule is O=C(OCCCCCCCCCC[P+](c1ccccc1)(c1ccccc1)c1ccccc1)c1ccc(O)cc1O. The van der Waals surface area contributed by atoms with Gasteiger partial charge in [-0.1, -0.05) is 86.7 Å². The van der Waals surface area contributed by atoms with Crippen molar-refractivity contribution >= 4 is 29.1 Å². The van der Waals surface area contributed by atoms with Crippen LogP contribution < -0.4 is 15.9 Å². The summed E-state index contributed by atoms with van der Waals surface area (Å²) in [5, 5.41) is 23.5. The number of esters is 1. The molecule has 2 N–H and O–H groups in total. The Kier molecular flexibility index (Phi) is 11.2.